The van der Waals surface area contributed by atoms with E-state index in [1.54, 1.807) is 12.3 Å². The van der Waals surface area contributed by atoms with Crippen LogP contribution in [0, 0.1) is 5.82 Å². The number of fused-ring (bicyclic) bond motifs is 3. The zero-order chi connectivity index (χ0) is 24.1. The standard InChI is InChI=1S/C24H24ClFN6O2/c1-2-8-27-9-3-10-28-24-29-13-17-16-6-4-14(23(33)34)11-20(16)31-22(21(17)32-24)30-15-5-7-19(26)18(25)12-15/h4-7,11-13,27H,2-3,8-10H2,1H3,(H,30,31)(H,33,34)(H,28,29,32). The van der Waals surface area contributed by atoms with Crippen molar-refractivity contribution in [3.05, 3.63) is 59.0 Å². The Morgan fingerprint density at radius 1 is 1.09 bits per heavy atom. The van der Waals surface area contributed by atoms with Gasteiger partial charge in [0.05, 0.1) is 16.1 Å². The van der Waals surface area contributed by atoms with Gasteiger partial charge in [0, 0.05) is 29.2 Å². The highest BCUT2D eigenvalue weighted by molar-refractivity contribution is 6.31. The Morgan fingerprint density at radius 3 is 2.71 bits per heavy atom. The number of carbonyl (C=O) groups is 1. The second-order valence-electron chi connectivity index (χ2n) is 7.74. The van der Waals surface area contributed by atoms with Crippen LogP contribution in [0.1, 0.15) is 30.1 Å². The highest BCUT2D eigenvalue weighted by Crippen LogP contribution is 2.31. The number of benzene rings is 2. The molecule has 4 N–H and O–H groups in total. The number of halogens is 2. The van der Waals surface area contributed by atoms with Crippen molar-refractivity contribution in [2.24, 2.45) is 0 Å². The molecule has 0 aliphatic carbocycles. The number of nitrogens with zero attached hydrogens (tertiary/aromatic N) is 3. The maximum absolute atomic E-state index is 13.6. The van der Waals surface area contributed by atoms with Crippen molar-refractivity contribution in [2.75, 3.05) is 30.3 Å². The molecule has 34 heavy (non-hydrogen) atoms. The summed E-state index contributed by atoms with van der Waals surface area (Å²) >= 11 is 5.94. The van der Waals surface area contributed by atoms with E-state index < -0.39 is 11.8 Å². The van der Waals surface area contributed by atoms with E-state index in [-0.39, 0.29) is 10.6 Å². The maximum Gasteiger partial charge on any atom is 0.335 e. The highest BCUT2D eigenvalue weighted by atomic mass is 35.5. The fourth-order valence-corrected chi connectivity index (χ4v) is 3.70. The average molecular weight is 483 g/mol. The number of aromatic carboxylic acids is 1. The summed E-state index contributed by atoms with van der Waals surface area (Å²) in [6.45, 7) is 4.70. The second kappa shape index (κ2) is 10.6. The summed E-state index contributed by atoms with van der Waals surface area (Å²) in [5, 5.41) is 20.5. The van der Waals surface area contributed by atoms with Gasteiger partial charge in [0.1, 0.15) is 11.3 Å². The molecule has 4 rings (SSSR count). The first-order valence-electron chi connectivity index (χ1n) is 11.0. The zero-order valence-corrected chi connectivity index (χ0v) is 19.3. The van der Waals surface area contributed by atoms with Crippen LogP contribution in [0.15, 0.2) is 42.6 Å². The van der Waals surface area contributed by atoms with Crippen molar-refractivity contribution in [1.82, 2.24) is 20.3 Å². The SMILES string of the molecule is CCCNCCCNc1ncc2c(n1)c(Nc1ccc(F)c(Cl)c1)nc1cc(C(=O)O)ccc12. The van der Waals surface area contributed by atoms with E-state index in [1.165, 1.54) is 30.3 Å². The van der Waals surface area contributed by atoms with Crippen LogP contribution in [0.5, 0.6) is 0 Å². The van der Waals surface area contributed by atoms with E-state index >= 15 is 0 Å². The summed E-state index contributed by atoms with van der Waals surface area (Å²) in [5.74, 6) is -0.751. The summed E-state index contributed by atoms with van der Waals surface area (Å²) in [6, 6.07) is 8.96. The molecule has 10 heteroatoms. The summed E-state index contributed by atoms with van der Waals surface area (Å²) in [7, 11) is 0. The predicted molar refractivity (Wildman–Crippen MR) is 133 cm³/mol. The van der Waals surface area contributed by atoms with Crippen LogP contribution in [0.25, 0.3) is 21.8 Å². The number of carboxylic acids is 1. The Hall–Kier alpha value is -3.56. The minimum absolute atomic E-state index is 0.0306. The van der Waals surface area contributed by atoms with Gasteiger partial charge in [-0.2, -0.15) is 0 Å². The number of nitrogens with one attached hydrogen (secondary N) is 3. The van der Waals surface area contributed by atoms with E-state index in [0.29, 0.717) is 40.4 Å². The first-order valence-corrected chi connectivity index (χ1v) is 11.3. The van der Waals surface area contributed by atoms with Crippen molar-refractivity contribution >= 4 is 56.8 Å². The highest BCUT2D eigenvalue weighted by Gasteiger charge is 2.14. The third-order valence-corrected chi connectivity index (χ3v) is 5.49. The van der Waals surface area contributed by atoms with Gasteiger partial charge in [-0.25, -0.2) is 24.1 Å². The van der Waals surface area contributed by atoms with Crippen LogP contribution >= 0.6 is 11.6 Å². The molecule has 4 aromatic rings. The van der Waals surface area contributed by atoms with Crippen molar-refractivity contribution in [3.8, 4) is 0 Å². The van der Waals surface area contributed by atoms with Gasteiger partial charge < -0.3 is 21.1 Å². The molecule has 176 valence electrons. The summed E-state index contributed by atoms with van der Waals surface area (Å²) in [4.78, 5) is 25.2. The average Bonchev–Trinajstić information content (AvgIpc) is 2.83. The summed E-state index contributed by atoms with van der Waals surface area (Å²) in [5.41, 5.74) is 1.64. The van der Waals surface area contributed by atoms with Gasteiger partial charge in [0.2, 0.25) is 5.95 Å². The Labute approximate surface area is 200 Å². The molecule has 0 amide bonds. The van der Waals surface area contributed by atoms with E-state index in [0.717, 1.165) is 31.3 Å². The molecule has 0 aliphatic rings. The zero-order valence-electron chi connectivity index (χ0n) is 18.5. The van der Waals surface area contributed by atoms with Crippen LogP contribution in [0.4, 0.5) is 21.8 Å². The topological polar surface area (TPSA) is 112 Å². The maximum atomic E-state index is 13.6. The predicted octanol–water partition coefficient (Wildman–Crippen LogP) is 5.21. The van der Waals surface area contributed by atoms with Crippen LogP contribution in [-0.2, 0) is 0 Å². The molecule has 0 atom stereocenters. The molecular weight excluding hydrogens is 459 g/mol. The van der Waals surface area contributed by atoms with Crippen molar-refractivity contribution < 1.29 is 14.3 Å². The van der Waals surface area contributed by atoms with Gasteiger partial charge in [0.15, 0.2) is 5.82 Å². The molecule has 0 radical (unpaired) electrons. The fraction of sp³-hybridized carbons (Fsp3) is 0.250. The Morgan fingerprint density at radius 2 is 1.94 bits per heavy atom. The minimum atomic E-state index is -1.05. The van der Waals surface area contributed by atoms with Crippen LogP contribution in [-0.4, -0.2) is 45.7 Å². The van der Waals surface area contributed by atoms with Crippen LogP contribution in [0.2, 0.25) is 5.02 Å². The molecule has 2 aromatic carbocycles. The molecule has 0 spiro atoms. The number of pyridine rings is 1. The van der Waals surface area contributed by atoms with Gasteiger partial charge in [-0.15, -0.1) is 0 Å². The lowest BCUT2D eigenvalue weighted by Gasteiger charge is -2.13. The molecule has 0 saturated carbocycles. The van der Waals surface area contributed by atoms with Crippen molar-refractivity contribution in [2.45, 2.75) is 19.8 Å². The largest absolute Gasteiger partial charge is 0.478 e. The van der Waals surface area contributed by atoms with Gasteiger partial charge in [0.25, 0.3) is 0 Å². The Balaban J connectivity index is 1.72. The minimum Gasteiger partial charge on any atom is -0.478 e. The number of aromatic nitrogens is 3. The number of rotatable bonds is 10. The first kappa shape index (κ1) is 23.6. The summed E-state index contributed by atoms with van der Waals surface area (Å²) in [6.07, 6.45) is 3.69. The molecule has 2 aromatic heterocycles. The lowest BCUT2D eigenvalue weighted by atomic mass is 10.1. The van der Waals surface area contributed by atoms with Crippen molar-refractivity contribution in [1.29, 1.82) is 0 Å². The molecule has 0 saturated heterocycles. The molecule has 2 heterocycles. The molecule has 8 nitrogen and oxygen atoms in total. The normalized spacial score (nSPS) is 11.1. The Bertz CT molecular complexity index is 1350. The number of anilines is 3. The van der Waals surface area contributed by atoms with E-state index in [2.05, 4.69) is 37.8 Å². The van der Waals surface area contributed by atoms with E-state index in [1.807, 2.05) is 0 Å². The molecule has 0 unspecified atom stereocenters. The first-order chi connectivity index (χ1) is 16.5. The Kier molecular flexibility index (Phi) is 7.34. The number of hydrogen-bond donors (Lipinski definition) is 4. The lowest BCUT2D eigenvalue weighted by Crippen LogP contribution is -2.19. The van der Waals surface area contributed by atoms with Crippen molar-refractivity contribution in [3.63, 3.8) is 0 Å². The van der Waals surface area contributed by atoms with Crippen LogP contribution < -0.4 is 16.0 Å². The third-order valence-electron chi connectivity index (χ3n) is 5.20. The van der Waals surface area contributed by atoms with Crippen LogP contribution in [0.3, 0.4) is 0 Å². The molecule has 0 fully saturated rings. The number of hydrogen-bond acceptors (Lipinski definition) is 7. The van der Waals surface area contributed by atoms with Gasteiger partial charge in [-0.3, -0.25) is 0 Å². The molecule has 0 aliphatic heterocycles. The quantitative estimate of drug-likeness (QED) is 0.180. The van der Waals surface area contributed by atoms with Gasteiger partial charge in [-0.05, 0) is 56.3 Å². The van der Waals surface area contributed by atoms with E-state index in [4.69, 9.17) is 11.6 Å². The lowest BCUT2D eigenvalue weighted by molar-refractivity contribution is 0.0697. The number of carboxylic acid groups (broad SMARTS) is 1. The molecular formula is C24H24ClFN6O2. The summed E-state index contributed by atoms with van der Waals surface area (Å²) < 4.78 is 13.6. The van der Waals surface area contributed by atoms with Gasteiger partial charge >= 0.3 is 5.97 Å². The third kappa shape index (κ3) is 5.32. The fourth-order valence-electron chi connectivity index (χ4n) is 3.52. The molecule has 0 bridgehead atoms. The second-order valence-corrected chi connectivity index (χ2v) is 8.14. The van der Waals surface area contributed by atoms with Gasteiger partial charge in [-0.1, -0.05) is 24.6 Å². The monoisotopic (exact) mass is 482 g/mol. The smallest absolute Gasteiger partial charge is 0.335 e. The van der Waals surface area contributed by atoms with E-state index in [9.17, 15) is 14.3 Å².